The van der Waals surface area contributed by atoms with Gasteiger partial charge in [-0.05, 0) is 20.9 Å². The summed E-state index contributed by atoms with van der Waals surface area (Å²) in [6.07, 6.45) is 0. The molecule has 0 unspecified atom stereocenters. The number of rotatable bonds is 6. The van der Waals surface area contributed by atoms with Crippen molar-refractivity contribution in [2.75, 3.05) is 32.4 Å². The van der Waals surface area contributed by atoms with Gasteiger partial charge in [0.25, 0.3) is 0 Å². The predicted octanol–water partition coefficient (Wildman–Crippen LogP) is 0.420. The highest BCUT2D eigenvalue weighted by Gasteiger charge is 2.13. The molecule has 96 valence electrons. The lowest BCUT2D eigenvalue weighted by atomic mass is 10.4. The second-order valence-corrected chi connectivity index (χ2v) is 4.87. The Morgan fingerprint density at radius 3 is 2.47 bits per heavy atom. The summed E-state index contributed by atoms with van der Waals surface area (Å²) < 4.78 is 0. The van der Waals surface area contributed by atoms with E-state index in [2.05, 4.69) is 10.2 Å². The summed E-state index contributed by atoms with van der Waals surface area (Å²) in [5.41, 5.74) is 5.50. The van der Waals surface area contributed by atoms with Gasteiger partial charge >= 0.3 is 0 Å². The van der Waals surface area contributed by atoms with Crippen molar-refractivity contribution in [1.82, 2.24) is 20.0 Å². The molecule has 1 aromatic heterocycles. The van der Waals surface area contributed by atoms with E-state index in [4.69, 9.17) is 5.73 Å². The minimum absolute atomic E-state index is 0.134. The molecule has 1 amide bonds. The zero-order valence-electron chi connectivity index (χ0n) is 10.5. The molecule has 1 rings (SSSR count). The quantitative estimate of drug-likeness (QED) is 0.799. The summed E-state index contributed by atoms with van der Waals surface area (Å²) in [5.74, 6) is 0.134. The Morgan fingerprint density at radius 1 is 1.35 bits per heavy atom. The molecule has 0 spiro atoms. The molecule has 0 aromatic carbocycles. The number of amides is 1. The maximum atomic E-state index is 11.8. The number of likely N-dealkylation sites (N-methyl/N-ethyl adjacent to an activating group) is 2. The first-order valence-electron chi connectivity index (χ1n) is 5.61. The Balaban J connectivity index is 2.44. The summed E-state index contributed by atoms with van der Waals surface area (Å²) in [4.78, 5) is 15.6. The molecule has 6 nitrogen and oxygen atoms in total. The standard InChI is InChI=1S/C10H19N5OS/c1-4-15(5-2)9(16)7-14(3)6-8-12-13-10(11)17-8/h4-7H2,1-3H3,(H2,11,13). The van der Waals surface area contributed by atoms with E-state index in [1.165, 1.54) is 11.3 Å². The maximum Gasteiger partial charge on any atom is 0.236 e. The Kier molecular flexibility index (Phi) is 5.30. The first-order valence-corrected chi connectivity index (χ1v) is 6.42. The van der Waals surface area contributed by atoms with Gasteiger partial charge in [-0.15, -0.1) is 10.2 Å². The highest BCUT2D eigenvalue weighted by molar-refractivity contribution is 7.15. The van der Waals surface area contributed by atoms with Crippen LogP contribution in [0.3, 0.4) is 0 Å². The van der Waals surface area contributed by atoms with Crippen LogP contribution in [0, 0.1) is 0 Å². The second-order valence-electron chi connectivity index (χ2n) is 3.77. The number of anilines is 1. The zero-order valence-corrected chi connectivity index (χ0v) is 11.3. The van der Waals surface area contributed by atoms with Crippen LogP contribution in [-0.4, -0.2) is 52.6 Å². The van der Waals surface area contributed by atoms with Crippen molar-refractivity contribution in [3.8, 4) is 0 Å². The van der Waals surface area contributed by atoms with E-state index in [-0.39, 0.29) is 5.91 Å². The van der Waals surface area contributed by atoms with Crippen LogP contribution in [0.1, 0.15) is 18.9 Å². The minimum atomic E-state index is 0.134. The molecule has 1 aromatic rings. The Hall–Kier alpha value is -1.21. The van der Waals surface area contributed by atoms with Crippen LogP contribution in [0.2, 0.25) is 0 Å². The summed E-state index contributed by atoms with van der Waals surface area (Å²) in [5, 5.41) is 8.96. The van der Waals surface area contributed by atoms with Gasteiger partial charge in [0.05, 0.1) is 13.1 Å². The van der Waals surface area contributed by atoms with Crippen LogP contribution >= 0.6 is 11.3 Å². The third kappa shape index (κ3) is 4.27. The van der Waals surface area contributed by atoms with Gasteiger partial charge < -0.3 is 10.6 Å². The van der Waals surface area contributed by atoms with E-state index in [0.717, 1.165) is 18.1 Å². The monoisotopic (exact) mass is 257 g/mol. The van der Waals surface area contributed by atoms with E-state index in [0.29, 0.717) is 18.2 Å². The lowest BCUT2D eigenvalue weighted by molar-refractivity contribution is -0.131. The third-order valence-electron chi connectivity index (χ3n) is 2.41. The van der Waals surface area contributed by atoms with Gasteiger partial charge in [0, 0.05) is 13.1 Å². The van der Waals surface area contributed by atoms with E-state index >= 15 is 0 Å². The molecule has 0 fully saturated rings. The third-order valence-corrected chi connectivity index (χ3v) is 3.15. The number of nitrogens with two attached hydrogens (primary N) is 1. The summed E-state index contributed by atoms with van der Waals surface area (Å²) in [7, 11) is 1.89. The highest BCUT2D eigenvalue weighted by atomic mass is 32.1. The van der Waals surface area contributed by atoms with Gasteiger partial charge in [-0.2, -0.15) is 0 Å². The van der Waals surface area contributed by atoms with Gasteiger partial charge in [-0.3, -0.25) is 9.69 Å². The fraction of sp³-hybridized carbons (Fsp3) is 0.700. The van der Waals surface area contributed by atoms with Crippen LogP contribution in [0.25, 0.3) is 0 Å². The van der Waals surface area contributed by atoms with E-state index in [1.807, 2.05) is 30.7 Å². The Bertz CT molecular complexity index is 363. The smallest absolute Gasteiger partial charge is 0.236 e. The number of hydrogen-bond acceptors (Lipinski definition) is 6. The van der Waals surface area contributed by atoms with Gasteiger partial charge in [-0.1, -0.05) is 11.3 Å². The van der Waals surface area contributed by atoms with Crippen molar-refractivity contribution in [2.45, 2.75) is 20.4 Å². The van der Waals surface area contributed by atoms with Crippen LogP contribution in [0.15, 0.2) is 0 Å². The molecule has 1 heterocycles. The molecule has 0 aliphatic heterocycles. The molecule has 0 aliphatic rings. The minimum Gasteiger partial charge on any atom is -0.374 e. The molecule has 0 bridgehead atoms. The highest BCUT2D eigenvalue weighted by Crippen LogP contribution is 2.12. The normalized spacial score (nSPS) is 10.8. The molecular weight excluding hydrogens is 238 g/mol. The van der Waals surface area contributed by atoms with Crippen molar-refractivity contribution in [1.29, 1.82) is 0 Å². The summed E-state index contributed by atoms with van der Waals surface area (Å²) >= 11 is 1.35. The van der Waals surface area contributed by atoms with Gasteiger partial charge in [0.1, 0.15) is 5.01 Å². The molecule has 0 radical (unpaired) electrons. The Morgan fingerprint density at radius 2 is 2.00 bits per heavy atom. The van der Waals surface area contributed by atoms with E-state index in [9.17, 15) is 4.79 Å². The van der Waals surface area contributed by atoms with Gasteiger partial charge in [0.15, 0.2) is 0 Å². The number of carbonyl (C=O) groups is 1. The molecular formula is C10H19N5OS. The number of hydrogen-bond donors (Lipinski definition) is 1. The van der Waals surface area contributed by atoms with Crippen molar-refractivity contribution < 1.29 is 4.79 Å². The van der Waals surface area contributed by atoms with Gasteiger partial charge in [-0.25, -0.2) is 0 Å². The van der Waals surface area contributed by atoms with E-state index < -0.39 is 0 Å². The molecule has 17 heavy (non-hydrogen) atoms. The first-order chi connectivity index (χ1) is 8.06. The molecule has 0 saturated heterocycles. The molecule has 0 atom stereocenters. The average molecular weight is 257 g/mol. The topological polar surface area (TPSA) is 75.4 Å². The van der Waals surface area contributed by atoms with E-state index in [1.54, 1.807) is 0 Å². The summed E-state index contributed by atoms with van der Waals surface area (Å²) in [6.45, 7) is 6.44. The first kappa shape index (κ1) is 13.9. The molecule has 2 N–H and O–H groups in total. The Labute approximate surface area is 105 Å². The molecule has 0 saturated carbocycles. The molecule has 7 heteroatoms. The second kappa shape index (κ2) is 6.51. The average Bonchev–Trinajstić information content (AvgIpc) is 2.65. The van der Waals surface area contributed by atoms with Crippen molar-refractivity contribution >= 4 is 22.4 Å². The van der Waals surface area contributed by atoms with Crippen LogP contribution in [-0.2, 0) is 11.3 Å². The van der Waals surface area contributed by atoms with Crippen molar-refractivity contribution in [2.24, 2.45) is 0 Å². The van der Waals surface area contributed by atoms with Crippen molar-refractivity contribution in [3.05, 3.63) is 5.01 Å². The maximum absolute atomic E-state index is 11.8. The number of carbonyl (C=O) groups excluding carboxylic acids is 1. The fourth-order valence-corrected chi connectivity index (χ4v) is 2.21. The van der Waals surface area contributed by atoms with Crippen LogP contribution in [0.4, 0.5) is 5.13 Å². The van der Waals surface area contributed by atoms with Crippen LogP contribution in [0.5, 0.6) is 0 Å². The number of nitrogen functional groups attached to an aromatic ring is 1. The summed E-state index contributed by atoms with van der Waals surface area (Å²) in [6, 6.07) is 0. The molecule has 0 aliphatic carbocycles. The SMILES string of the molecule is CCN(CC)C(=O)CN(C)Cc1nnc(N)s1. The predicted molar refractivity (Wildman–Crippen MR) is 68.6 cm³/mol. The number of aromatic nitrogens is 2. The lowest BCUT2D eigenvalue weighted by Crippen LogP contribution is -2.38. The zero-order chi connectivity index (χ0) is 12.8. The lowest BCUT2D eigenvalue weighted by Gasteiger charge is -2.22. The van der Waals surface area contributed by atoms with Crippen molar-refractivity contribution in [3.63, 3.8) is 0 Å². The fourth-order valence-electron chi connectivity index (χ4n) is 1.52. The van der Waals surface area contributed by atoms with Crippen LogP contribution < -0.4 is 5.73 Å². The number of nitrogens with zero attached hydrogens (tertiary/aromatic N) is 4. The van der Waals surface area contributed by atoms with Gasteiger partial charge in [0.2, 0.25) is 11.0 Å². The largest absolute Gasteiger partial charge is 0.374 e.